The van der Waals surface area contributed by atoms with Crippen molar-refractivity contribution in [2.24, 2.45) is 0 Å². The zero-order valence-electron chi connectivity index (χ0n) is 16.1. The summed E-state index contributed by atoms with van der Waals surface area (Å²) in [6.45, 7) is 3.17. The highest BCUT2D eigenvalue weighted by molar-refractivity contribution is 5.71. The fraction of sp³-hybridized carbons (Fsp3) is 0.208. The van der Waals surface area contributed by atoms with Gasteiger partial charge in [-0.2, -0.15) is 0 Å². The topological polar surface area (TPSA) is 47.6 Å². The van der Waals surface area contributed by atoms with E-state index < -0.39 is 0 Å². The first-order valence-corrected chi connectivity index (χ1v) is 9.53. The van der Waals surface area contributed by atoms with Crippen molar-refractivity contribution in [2.75, 3.05) is 11.9 Å². The lowest BCUT2D eigenvalue weighted by molar-refractivity contribution is -0.134. The van der Waals surface area contributed by atoms with Crippen molar-refractivity contribution >= 4 is 11.7 Å². The third-order valence-electron chi connectivity index (χ3n) is 4.29. The standard InChI is InChI=1S/C24H25NO3/c1-2-24(26)28-23-12-8-19(9-13-23)16-17-25-21-10-14-22(15-11-21)27-18-20-6-4-3-5-7-20/h3-15,25H,2,16-18H2,1H3. The smallest absolute Gasteiger partial charge is 0.310 e. The van der Waals surface area contributed by atoms with Gasteiger partial charge in [-0.1, -0.05) is 49.4 Å². The molecule has 0 spiro atoms. The van der Waals surface area contributed by atoms with E-state index in [9.17, 15) is 4.79 Å². The Kier molecular flexibility index (Phi) is 7.08. The quantitative estimate of drug-likeness (QED) is 0.411. The number of hydrogen-bond donors (Lipinski definition) is 1. The number of hydrogen-bond acceptors (Lipinski definition) is 4. The molecule has 3 aromatic rings. The molecule has 144 valence electrons. The van der Waals surface area contributed by atoms with Gasteiger partial charge < -0.3 is 14.8 Å². The molecule has 0 unspecified atom stereocenters. The lowest BCUT2D eigenvalue weighted by Crippen LogP contribution is -2.06. The summed E-state index contributed by atoms with van der Waals surface area (Å²) in [4.78, 5) is 11.3. The first-order chi connectivity index (χ1) is 13.7. The van der Waals surface area contributed by atoms with Gasteiger partial charge in [-0.05, 0) is 53.9 Å². The fourth-order valence-electron chi connectivity index (χ4n) is 2.69. The van der Waals surface area contributed by atoms with Gasteiger partial charge in [0.1, 0.15) is 18.1 Å². The van der Waals surface area contributed by atoms with Gasteiger partial charge in [0, 0.05) is 18.7 Å². The van der Waals surface area contributed by atoms with Crippen molar-refractivity contribution < 1.29 is 14.3 Å². The molecule has 0 heterocycles. The van der Waals surface area contributed by atoms with Crippen LogP contribution in [0.2, 0.25) is 0 Å². The molecule has 0 aliphatic carbocycles. The molecule has 3 aromatic carbocycles. The molecule has 1 N–H and O–H groups in total. The Bertz CT molecular complexity index is 859. The zero-order valence-corrected chi connectivity index (χ0v) is 16.1. The summed E-state index contributed by atoms with van der Waals surface area (Å²) in [6, 6.07) is 25.8. The maximum absolute atomic E-state index is 11.3. The van der Waals surface area contributed by atoms with Gasteiger partial charge in [0.2, 0.25) is 0 Å². The normalized spacial score (nSPS) is 10.3. The van der Waals surface area contributed by atoms with E-state index in [1.807, 2.05) is 66.7 Å². The van der Waals surface area contributed by atoms with Crippen LogP contribution in [-0.2, 0) is 17.8 Å². The average molecular weight is 375 g/mol. The number of esters is 1. The van der Waals surface area contributed by atoms with Crippen LogP contribution in [0.3, 0.4) is 0 Å². The molecular weight excluding hydrogens is 350 g/mol. The fourth-order valence-corrected chi connectivity index (χ4v) is 2.69. The van der Waals surface area contributed by atoms with E-state index in [0.717, 1.165) is 30.0 Å². The first-order valence-electron chi connectivity index (χ1n) is 9.53. The van der Waals surface area contributed by atoms with Crippen LogP contribution in [0.25, 0.3) is 0 Å². The molecule has 0 bridgehead atoms. The third kappa shape index (κ3) is 6.16. The summed E-state index contributed by atoms with van der Waals surface area (Å²) < 4.78 is 11.0. The largest absolute Gasteiger partial charge is 0.489 e. The maximum Gasteiger partial charge on any atom is 0.310 e. The molecule has 0 aliphatic heterocycles. The van der Waals surface area contributed by atoms with E-state index in [1.165, 1.54) is 5.56 Å². The van der Waals surface area contributed by atoms with E-state index in [4.69, 9.17) is 9.47 Å². The van der Waals surface area contributed by atoms with Gasteiger partial charge in [0.05, 0.1) is 0 Å². The second-order valence-corrected chi connectivity index (χ2v) is 6.45. The van der Waals surface area contributed by atoms with Gasteiger partial charge in [-0.3, -0.25) is 4.79 Å². The Balaban J connectivity index is 1.41. The van der Waals surface area contributed by atoms with Gasteiger partial charge in [0.25, 0.3) is 0 Å². The average Bonchev–Trinajstić information content (AvgIpc) is 2.75. The lowest BCUT2D eigenvalue weighted by Gasteiger charge is -2.10. The summed E-state index contributed by atoms with van der Waals surface area (Å²) in [5.41, 5.74) is 3.40. The Labute approximate surface area is 166 Å². The summed E-state index contributed by atoms with van der Waals surface area (Å²) in [6.07, 6.45) is 1.26. The minimum atomic E-state index is -0.217. The van der Waals surface area contributed by atoms with Crippen LogP contribution < -0.4 is 14.8 Å². The molecule has 0 atom stereocenters. The molecule has 0 amide bonds. The Hall–Kier alpha value is -3.27. The monoisotopic (exact) mass is 375 g/mol. The SMILES string of the molecule is CCC(=O)Oc1ccc(CCNc2ccc(OCc3ccccc3)cc2)cc1. The molecule has 3 rings (SSSR count). The van der Waals surface area contributed by atoms with E-state index in [1.54, 1.807) is 6.92 Å². The van der Waals surface area contributed by atoms with Crippen molar-refractivity contribution in [2.45, 2.75) is 26.4 Å². The van der Waals surface area contributed by atoms with Gasteiger partial charge in [0.15, 0.2) is 0 Å². The predicted molar refractivity (Wildman–Crippen MR) is 112 cm³/mol. The second kappa shape index (κ2) is 10.2. The number of rotatable bonds is 9. The molecule has 0 fully saturated rings. The number of ether oxygens (including phenoxy) is 2. The molecule has 28 heavy (non-hydrogen) atoms. The van der Waals surface area contributed by atoms with Crippen molar-refractivity contribution in [1.82, 2.24) is 0 Å². The van der Waals surface area contributed by atoms with Crippen LogP contribution in [-0.4, -0.2) is 12.5 Å². The third-order valence-corrected chi connectivity index (χ3v) is 4.29. The number of nitrogens with one attached hydrogen (secondary N) is 1. The second-order valence-electron chi connectivity index (χ2n) is 6.45. The number of carbonyl (C=O) groups is 1. The Morgan fingerprint density at radius 2 is 1.50 bits per heavy atom. The van der Waals surface area contributed by atoms with Crippen molar-refractivity contribution in [3.05, 3.63) is 90.0 Å². The van der Waals surface area contributed by atoms with Crippen LogP contribution >= 0.6 is 0 Å². The van der Waals surface area contributed by atoms with Crippen LogP contribution in [0.1, 0.15) is 24.5 Å². The van der Waals surface area contributed by atoms with Crippen LogP contribution in [0.15, 0.2) is 78.9 Å². The van der Waals surface area contributed by atoms with E-state index in [0.29, 0.717) is 18.8 Å². The van der Waals surface area contributed by atoms with E-state index in [-0.39, 0.29) is 5.97 Å². The number of benzene rings is 3. The minimum absolute atomic E-state index is 0.217. The van der Waals surface area contributed by atoms with Gasteiger partial charge in [-0.25, -0.2) is 0 Å². The van der Waals surface area contributed by atoms with Crippen molar-refractivity contribution in [1.29, 1.82) is 0 Å². The Morgan fingerprint density at radius 1 is 0.821 bits per heavy atom. The molecule has 4 nitrogen and oxygen atoms in total. The Morgan fingerprint density at radius 3 is 2.18 bits per heavy atom. The van der Waals surface area contributed by atoms with Crippen LogP contribution in [0.4, 0.5) is 5.69 Å². The summed E-state index contributed by atoms with van der Waals surface area (Å²) in [7, 11) is 0. The number of carbonyl (C=O) groups excluding carboxylic acids is 1. The van der Waals surface area contributed by atoms with E-state index in [2.05, 4.69) is 17.4 Å². The van der Waals surface area contributed by atoms with Crippen LogP contribution in [0.5, 0.6) is 11.5 Å². The van der Waals surface area contributed by atoms with Gasteiger partial charge >= 0.3 is 5.97 Å². The minimum Gasteiger partial charge on any atom is -0.489 e. The molecule has 0 aromatic heterocycles. The van der Waals surface area contributed by atoms with Crippen molar-refractivity contribution in [3.8, 4) is 11.5 Å². The highest BCUT2D eigenvalue weighted by atomic mass is 16.5. The summed E-state index contributed by atoms with van der Waals surface area (Å²) >= 11 is 0. The van der Waals surface area contributed by atoms with Gasteiger partial charge in [-0.15, -0.1) is 0 Å². The maximum atomic E-state index is 11.3. The molecule has 0 saturated heterocycles. The molecule has 4 heteroatoms. The number of anilines is 1. The molecule has 0 saturated carbocycles. The highest BCUT2D eigenvalue weighted by Crippen LogP contribution is 2.18. The van der Waals surface area contributed by atoms with Crippen molar-refractivity contribution in [3.63, 3.8) is 0 Å². The molecule has 0 aliphatic rings. The van der Waals surface area contributed by atoms with Crippen LogP contribution in [0, 0.1) is 0 Å². The molecule has 0 radical (unpaired) electrons. The predicted octanol–water partition coefficient (Wildman–Crippen LogP) is 5.24. The van der Waals surface area contributed by atoms with E-state index >= 15 is 0 Å². The zero-order chi connectivity index (χ0) is 19.6. The highest BCUT2D eigenvalue weighted by Gasteiger charge is 2.02. The summed E-state index contributed by atoms with van der Waals surface area (Å²) in [5, 5.41) is 3.41. The first kappa shape index (κ1) is 19.5. The lowest BCUT2D eigenvalue weighted by atomic mass is 10.1. The molecular formula is C24H25NO3. The summed E-state index contributed by atoms with van der Waals surface area (Å²) in [5.74, 6) is 1.23.